The van der Waals surface area contributed by atoms with Crippen molar-refractivity contribution in [1.82, 2.24) is 30.4 Å². The Kier molecular flexibility index (Phi) is 19.3. The van der Waals surface area contributed by atoms with Crippen molar-refractivity contribution < 1.29 is 48.7 Å². The van der Waals surface area contributed by atoms with Gasteiger partial charge in [-0.15, -0.1) is 0 Å². The summed E-state index contributed by atoms with van der Waals surface area (Å²) in [5, 5.41) is 39.9. The van der Waals surface area contributed by atoms with Crippen molar-refractivity contribution in [3.05, 3.63) is 116 Å². The second-order valence-electron chi connectivity index (χ2n) is 17.8. The second kappa shape index (κ2) is 24.1. The highest BCUT2D eigenvalue weighted by Gasteiger charge is 2.28. The standard InChI is InChI=1S/C36H54N4O8.C10H12N2O4/c1-35(2,3)47-33(44)38-28(20-25-10-8-7-9-11-25)30(41)23-37-24-31(42)29(39-34(45)48-36(4,5)6)21-26-12-14-27(15-13-26)22-32(43)40-16-18-46-19-17-40;1-6-4-12(10(15)11-9(6)14)8-3-2-7(5-13)16-8/h7-15,28-31,37,41-42H,16-24H2,1-6H3,(H,38,44)(H,39,45);2-4,7-8,13H,5H2,1H3,(H,11,14,15)/t28-,29-,30+,31+;7-,8+/m00/s1. The molecule has 18 nitrogen and oxygen atoms in total. The van der Waals surface area contributed by atoms with E-state index in [1.165, 1.54) is 10.8 Å². The van der Waals surface area contributed by atoms with Crippen LogP contribution in [0.25, 0.3) is 0 Å². The molecule has 7 N–H and O–H groups in total. The van der Waals surface area contributed by atoms with E-state index in [-0.39, 0.29) is 32.0 Å². The van der Waals surface area contributed by atoms with Crippen molar-refractivity contribution in [1.29, 1.82) is 0 Å². The molecular weight excluding hydrogens is 829 g/mol. The van der Waals surface area contributed by atoms with E-state index in [4.69, 9.17) is 24.1 Å². The molecular formula is C46H66N6O12. The van der Waals surface area contributed by atoms with Crippen LogP contribution in [0.5, 0.6) is 0 Å². The maximum absolute atomic E-state index is 12.7. The molecule has 5 rings (SSSR count). The first-order valence-electron chi connectivity index (χ1n) is 21.5. The van der Waals surface area contributed by atoms with Gasteiger partial charge in [0.1, 0.15) is 17.3 Å². The maximum atomic E-state index is 12.7. The molecule has 0 unspecified atom stereocenters. The van der Waals surface area contributed by atoms with Crippen LogP contribution in [0, 0.1) is 6.92 Å². The van der Waals surface area contributed by atoms with E-state index < -0.39 is 71.3 Å². The number of rotatable bonds is 16. The van der Waals surface area contributed by atoms with Crippen molar-refractivity contribution in [2.75, 3.05) is 46.0 Å². The molecule has 1 fully saturated rings. The van der Waals surface area contributed by atoms with Crippen molar-refractivity contribution in [3.63, 3.8) is 0 Å². The van der Waals surface area contributed by atoms with E-state index in [9.17, 15) is 34.2 Å². The van der Waals surface area contributed by atoms with E-state index in [0.717, 1.165) is 16.7 Å². The Labute approximate surface area is 374 Å². The summed E-state index contributed by atoms with van der Waals surface area (Å²) in [6.07, 6.45) is 1.38. The smallest absolute Gasteiger partial charge is 0.407 e. The topological polar surface area (TPSA) is 243 Å². The van der Waals surface area contributed by atoms with Crippen molar-refractivity contribution in [2.45, 2.75) is 116 Å². The van der Waals surface area contributed by atoms with Crippen LogP contribution in [0.15, 0.2) is 82.5 Å². The number of amides is 3. The molecule has 0 aliphatic carbocycles. The number of carbonyl (C=O) groups excluding carboxylic acids is 3. The van der Waals surface area contributed by atoms with Crippen LogP contribution in [-0.2, 0) is 43.0 Å². The fraction of sp³-hybridized carbons (Fsp3) is 0.543. The first kappa shape index (κ1) is 51.3. The Bertz CT molecular complexity index is 2090. The molecule has 0 saturated carbocycles. The normalized spacial score (nSPS) is 18.2. The maximum Gasteiger partial charge on any atom is 0.407 e. The lowest BCUT2D eigenvalue weighted by Crippen LogP contribution is -2.53. The fourth-order valence-corrected chi connectivity index (χ4v) is 6.69. The van der Waals surface area contributed by atoms with Crippen LogP contribution in [0.3, 0.4) is 0 Å². The Morgan fingerprint density at radius 3 is 1.81 bits per heavy atom. The third-order valence-electron chi connectivity index (χ3n) is 9.94. The SMILES string of the molecule is CC(C)(C)OC(=O)N[C@@H](Cc1ccccc1)[C@H](O)CNC[C@@H](O)[C@H](Cc1ccc(CC(=O)N2CCOCC2)cc1)NC(=O)OC(C)(C)C.Cc1cn([C@H]2C=C[C@@H](CO)O2)c(=O)[nH]c1=O. The Balaban J connectivity index is 0.000000466. The molecule has 0 spiro atoms. The second-order valence-corrected chi connectivity index (χ2v) is 17.8. The van der Waals surface area contributed by atoms with E-state index in [0.29, 0.717) is 44.7 Å². The van der Waals surface area contributed by atoms with Gasteiger partial charge in [0.2, 0.25) is 5.91 Å². The quantitative estimate of drug-likeness (QED) is 0.102. The van der Waals surface area contributed by atoms with Gasteiger partial charge in [0.25, 0.3) is 5.56 Å². The highest BCUT2D eigenvalue weighted by Crippen LogP contribution is 2.19. The zero-order valence-corrected chi connectivity index (χ0v) is 37.9. The first-order chi connectivity index (χ1) is 30.2. The van der Waals surface area contributed by atoms with E-state index in [1.807, 2.05) is 54.6 Å². The number of carbonyl (C=O) groups is 3. The van der Waals surface area contributed by atoms with Gasteiger partial charge in [0, 0.05) is 37.9 Å². The largest absolute Gasteiger partial charge is 0.444 e. The summed E-state index contributed by atoms with van der Waals surface area (Å²) < 4.78 is 22.8. The number of H-pyrrole nitrogens is 1. The monoisotopic (exact) mass is 894 g/mol. The summed E-state index contributed by atoms with van der Waals surface area (Å²) >= 11 is 0. The average Bonchev–Trinajstić information content (AvgIpc) is 3.71. The number of aromatic nitrogens is 2. The molecule has 1 aromatic heterocycles. The number of aliphatic hydroxyl groups is 3. The molecule has 3 heterocycles. The van der Waals surface area contributed by atoms with Crippen LogP contribution in [0.4, 0.5) is 9.59 Å². The van der Waals surface area contributed by atoms with E-state index in [2.05, 4.69) is 20.9 Å². The highest BCUT2D eigenvalue weighted by atomic mass is 16.6. The fourth-order valence-electron chi connectivity index (χ4n) is 6.69. The predicted octanol–water partition coefficient (Wildman–Crippen LogP) is 2.26. The van der Waals surface area contributed by atoms with Gasteiger partial charge in [0.15, 0.2) is 6.23 Å². The molecule has 2 aliphatic rings. The van der Waals surface area contributed by atoms with Crippen molar-refractivity contribution in [2.24, 2.45) is 0 Å². The zero-order valence-electron chi connectivity index (χ0n) is 37.9. The lowest BCUT2D eigenvalue weighted by molar-refractivity contribution is -0.134. The summed E-state index contributed by atoms with van der Waals surface area (Å²) in [5.41, 5.74) is 0.720. The minimum absolute atomic E-state index is 0.0359. The number of alkyl carbamates (subject to hydrolysis) is 2. The Hall–Kier alpha value is -5.37. The van der Waals surface area contributed by atoms with Gasteiger partial charge < -0.3 is 55.1 Å². The van der Waals surface area contributed by atoms with Gasteiger partial charge in [0.05, 0.1) is 50.5 Å². The summed E-state index contributed by atoms with van der Waals surface area (Å²) in [4.78, 5) is 64.6. The lowest BCUT2D eigenvalue weighted by Gasteiger charge is -2.29. The summed E-state index contributed by atoms with van der Waals surface area (Å²) in [5.74, 6) is 0.0477. The van der Waals surface area contributed by atoms with Crippen LogP contribution >= 0.6 is 0 Å². The lowest BCUT2D eigenvalue weighted by atomic mass is 9.99. The number of aryl methyl sites for hydroxylation is 1. The summed E-state index contributed by atoms with van der Waals surface area (Å²) in [6, 6.07) is 15.6. The van der Waals surface area contributed by atoms with Gasteiger partial charge in [-0.05, 0) is 84.1 Å². The zero-order chi connectivity index (χ0) is 47.0. The summed E-state index contributed by atoms with van der Waals surface area (Å²) in [6.45, 7) is 14.4. The van der Waals surface area contributed by atoms with E-state index in [1.54, 1.807) is 65.5 Å². The molecule has 3 aromatic rings. The predicted molar refractivity (Wildman–Crippen MR) is 239 cm³/mol. The van der Waals surface area contributed by atoms with Crippen LogP contribution < -0.4 is 27.2 Å². The molecule has 1 saturated heterocycles. The number of morpholine rings is 1. The average molecular weight is 895 g/mol. The van der Waals surface area contributed by atoms with E-state index >= 15 is 0 Å². The van der Waals surface area contributed by atoms with Gasteiger partial charge in [-0.25, -0.2) is 14.4 Å². The third kappa shape index (κ3) is 17.7. The minimum atomic E-state index is -1.06. The van der Waals surface area contributed by atoms with Crippen LogP contribution in [0.1, 0.15) is 70.0 Å². The first-order valence-corrected chi connectivity index (χ1v) is 21.5. The van der Waals surface area contributed by atoms with Crippen molar-refractivity contribution in [3.8, 4) is 0 Å². The number of nitrogens with zero attached hydrogens (tertiary/aromatic N) is 2. The number of benzene rings is 2. The molecule has 2 aromatic carbocycles. The Morgan fingerprint density at radius 1 is 0.797 bits per heavy atom. The number of ether oxygens (including phenoxy) is 4. The third-order valence-corrected chi connectivity index (χ3v) is 9.94. The number of aromatic amines is 1. The molecule has 64 heavy (non-hydrogen) atoms. The van der Waals surface area contributed by atoms with Crippen LogP contribution in [0.2, 0.25) is 0 Å². The number of hydrogen-bond acceptors (Lipinski definition) is 13. The molecule has 18 heteroatoms. The molecule has 352 valence electrons. The molecule has 0 bridgehead atoms. The summed E-state index contributed by atoms with van der Waals surface area (Å²) in [7, 11) is 0. The van der Waals surface area contributed by atoms with Gasteiger partial charge >= 0.3 is 17.9 Å². The molecule has 2 aliphatic heterocycles. The number of aliphatic hydroxyl groups excluding tert-OH is 3. The van der Waals surface area contributed by atoms with Gasteiger partial charge in [-0.2, -0.15) is 0 Å². The Morgan fingerprint density at radius 2 is 1.31 bits per heavy atom. The van der Waals surface area contributed by atoms with Gasteiger partial charge in [-0.3, -0.25) is 19.1 Å². The number of nitrogens with one attached hydrogen (secondary N) is 4. The molecule has 3 amide bonds. The van der Waals surface area contributed by atoms with Gasteiger partial charge in [-0.1, -0.05) is 60.7 Å². The van der Waals surface area contributed by atoms with Crippen LogP contribution in [-0.4, -0.2) is 135 Å². The number of hydrogen-bond donors (Lipinski definition) is 7. The van der Waals surface area contributed by atoms with Crippen molar-refractivity contribution >= 4 is 18.1 Å². The molecule has 6 atom stereocenters. The minimum Gasteiger partial charge on any atom is -0.444 e. The molecule has 0 radical (unpaired) electrons. The highest BCUT2D eigenvalue weighted by molar-refractivity contribution is 5.78.